The fourth-order valence-electron chi connectivity index (χ4n) is 2.72. The van der Waals surface area contributed by atoms with E-state index in [1.807, 2.05) is 18.2 Å². The van der Waals surface area contributed by atoms with Crippen LogP contribution in [0.5, 0.6) is 11.5 Å². The molecule has 1 aromatic carbocycles. The first-order chi connectivity index (χ1) is 10.8. The van der Waals surface area contributed by atoms with Gasteiger partial charge < -0.3 is 9.47 Å². The van der Waals surface area contributed by atoms with Crippen LogP contribution in [0, 0.1) is 5.82 Å². The first-order valence-corrected chi connectivity index (χ1v) is 7.36. The Balaban J connectivity index is 1.59. The minimum atomic E-state index is -0.276. The van der Waals surface area contributed by atoms with Crippen molar-refractivity contribution in [2.24, 2.45) is 0 Å². The summed E-state index contributed by atoms with van der Waals surface area (Å²) in [4.78, 5) is 6.24. The molecule has 0 amide bonds. The zero-order valence-electron chi connectivity index (χ0n) is 12.5. The topological polar surface area (TPSA) is 34.6 Å². The highest BCUT2D eigenvalue weighted by Gasteiger charge is 2.25. The zero-order chi connectivity index (χ0) is 15.4. The molecule has 2 heterocycles. The van der Waals surface area contributed by atoms with Crippen LogP contribution in [0.4, 0.5) is 4.39 Å². The van der Waals surface area contributed by atoms with Gasteiger partial charge in [-0.25, -0.2) is 4.39 Å². The summed E-state index contributed by atoms with van der Waals surface area (Å²) in [7, 11) is 1.48. The second-order valence-electron chi connectivity index (χ2n) is 5.39. The number of nitrogens with zero attached hydrogens (tertiary/aromatic N) is 2. The van der Waals surface area contributed by atoms with E-state index in [0.717, 1.165) is 25.3 Å². The molecule has 1 fully saturated rings. The van der Waals surface area contributed by atoms with E-state index < -0.39 is 0 Å². The number of rotatable bonds is 5. The Kier molecular flexibility index (Phi) is 4.53. The molecule has 4 nitrogen and oxygen atoms in total. The molecule has 1 aliphatic heterocycles. The Bertz CT molecular complexity index is 621. The van der Waals surface area contributed by atoms with Gasteiger partial charge in [-0.1, -0.05) is 12.1 Å². The fraction of sp³-hybridized carbons (Fsp3) is 0.353. The summed E-state index contributed by atoms with van der Waals surface area (Å²) in [5.41, 5.74) is 0.654. The van der Waals surface area contributed by atoms with Crippen LogP contribution < -0.4 is 9.47 Å². The lowest BCUT2D eigenvalue weighted by atomic mass is 10.2. The van der Waals surface area contributed by atoms with E-state index in [-0.39, 0.29) is 11.9 Å². The second-order valence-corrected chi connectivity index (χ2v) is 5.39. The van der Waals surface area contributed by atoms with Gasteiger partial charge in [-0.3, -0.25) is 9.88 Å². The lowest BCUT2D eigenvalue weighted by Gasteiger charge is -2.17. The molecule has 0 aliphatic carbocycles. The monoisotopic (exact) mass is 302 g/mol. The van der Waals surface area contributed by atoms with E-state index >= 15 is 0 Å². The van der Waals surface area contributed by atoms with Gasteiger partial charge >= 0.3 is 0 Å². The van der Waals surface area contributed by atoms with E-state index in [4.69, 9.17) is 9.47 Å². The molecule has 0 spiro atoms. The Morgan fingerprint density at radius 1 is 1.32 bits per heavy atom. The first kappa shape index (κ1) is 14.8. The van der Waals surface area contributed by atoms with Gasteiger partial charge in [-0.15, -0.1) is 0 Å². The predicted octanol–water partition coefficient (Wildman–Crippen LogP) is 2.88. The minimum absolute atomic E-state index is 0.123. The molecule has 0 radical (unpaired) electrons. The van der Waals surface area contributed by atoms with Crippen molar-refractivity contribution < 1.29 is 13.9 Å². The standard InChI is InChI=1S/C17H19FN2O2/c1-21-16-6-2-4-13(17(16)18)11-20-9-7-15(12-20)22-14-5-3-8-19-10-14/h2-6,8,10,15H,7,9,11-12H2,1H3. The van der Waals surface area contributed by atoms with Crippen molar-refractivity contribution in [2.45, 2.75) is 19.1 Å². The van der Waals surface area contributed by atoms with E-state index in [9.17, 15) is 4.39 Å². The van der Waals surface area contributed by atoms with Crippen molar-refractivity contribution in [3.05, 3.63) is 54.1 Å². The van der Waals surface area contributed by atoms with Crippen LogP contribution in [0.2, 0.25) is 0 Å². The molecule has 3 rings (SSSR count). The van der Waals surface area contributed by atoms with Gasteiger partial charge in [0.1, 0.15) is 11.9 Å². The Hall–Kier alpha value is -2.14. The summed E-state index contributed by atoms with van der Waals surface area (Å²) in [6.07, 6.45) is 4.49. The van der Waals surface area contributed by atoms with Crippen LogP contribution in [0.1, 0.15) is 12.0 Å². The Morgan fingerprint density at radius 3 is 3.00 bits per heavy atom. The number of benzene rings is 1. The number of aromatic nitrogens is 1. The number of hydrogen-bond acceptors (Lipinski definition) is 4. The summed E-state index contributed by atoms with van der Waals surface area (Å²) in [5, 5.41) is 0. The summed E-state index contributed by atoms with van der Waals surface area (Å²) >= 11 is 0. The van der Waals surface area contributed by atoms with Crippen molar-refractivity contribution >= 4 is 0 Å². The Morgan fingerprint density at radius 2 is 2.23 bits per heavy atom. The number of pyridine rings is 1. The lowest BCUT2D eigenvalue weighted by Crippen LogP contribution is -2.25. The summed E-state index contributed by atoms with van der Waals surface area (Å²) < 4.78 is 25.1. The van der Waals surface area contributed by atoms with Crippen LogP contribution >= 0.6 is 0 Å². The molecule has 5 heteroatoms. The van der Waals surface area contributed by atoms with E-state index in [0.29, 0.717) is 17.9 Å². The molecular formula is C17H19FN2O2. The molecular weight excluding hydrogens is 283 g/mol. The summed E-state index contributed by atoms with van der Waals surface area (Å²) in [6, 6.07) is 9.01. The highest BCUT2D eigenvalue weighted by atomic mass is 19.1. The molecule has 0 saturated carbocycles. The van der Waals surface area contributed by atoms with Crippen LogP contribution in [0.15, 0.2) is 42.7 Å². The summed E-state index contributed by atoms with van der Waals surface area (Å²) in [6.45, 7) is 2.24. The van der Waals surface area contributed by atoms with Gasteiger partial charge in [0.2, 0.25) is 0 Å². The number of methoxy groups -OCH3 is 1. The maximum atomic E-state index is 14.2. The van der Waals surface area contributed by atoms with Crippen molar-refractivity contribution in [3.63, 3.8) is 0 Å². The molecule has 0 N–H and O–H groups in total. The predicted molar refractivity (Wildman–Crippen MR) is 81.5 cm³/mol. The van der Waals surface area contributed by atoms with Gasteiger partial charge in [0, 0.05) is 31.4 Å². The molecule has 1 aliphatic rings. The molecule has 1 saturated heterocycles. The normalized spacial score (nSPS) is 18.4. The van der Waals surface area contributed by atoms with E-state index in [1.165, 1.54) is 7.11 Å². The van der Waals surface area contributed by atoms with Crippen LogP contribution in [0.25, 0.3) is 0 Å². The maximum Gasteiger partial charge on any atom is 0.169 e. The van der Waals surface area contributed by atoms with Gasteiger partial charge in [0.25, 0.3) is 0 Å². The largest absolute Gasteiger partial charge is 0.494 e. The van der Waals surface area contributed by atoms with Crippen LogP contribution in [-0.4, -0.2) is 36.2 Å². The highest BCUT2D eigenvalue weighted by Crippen LogP contribution is 2.24. The maximum absolute atomic E-state index is 14.2. The SMILES string of the molecule is COc1cccc(CN2CCC(Oc3cccnc3)C2)c1F. The molecule has 1 aromatic heterocycles. The molecule has 0 bridgehead atoms. The second kappa shape index (κ2) is 6.75. The van der Waals surface area contributed by atoms with E-state index in [1.54, 1.807) is 24.5 Å². The average molecular weight is 302 g/mol. The first-order valence-electron chi connectivity index (χ1n) is 7.36. The number of hydrogen-bond donors (Lipinski definition) is 0. The molecule has 1 atom stereocenters. The van der Waals surface area contributed by atoms with Gasteiger partial charge in [-0.05, 0) is 24.6 Å². The van der Waals surface area contributed by atoms with Crippen molar-refractivity contribution in [1.29, 1.82) is 0 Å². The quantitative estimate of drug-likeness (QED) is 0.850. The van der Waals surface area contributed by atoms with Crippen molar-refractivity contribution in [1.82, 2.24) is 9.88 Å². The molecule has 2 aromatic rings. The zero-order valence-corrected chi connectivity index (χ0v) is 12.5. The smallest absolute Gasteiger partial charge is 0.169 e. The number of halogens is 1. The molecule has 1 unspecified atom stereocenters. The third kappa shape index (κ3) is 3.36. The average Bonchev–Trinajstić information content (AvgIpc) is 2.97. The number of likely N-dealkylation sites (tertiary alicyclic amines) is 1. The summed E-state index contributed by atoms with van der Waals surface area (Å²) in [5.74, 6) is 0.795. The molecule has 116 valence electrons. The lowest BCUT2D eigenvalue weighted by molar-refractivity contribution is 0.197. The van der Waals surface area contributed by atoms with Gasteiger partial charge in [0.05, 0.1) is 13.3 Å². The van der Waals surface area contributed by atoms with Crippen molar-refractivity contribution in [3.8, 4) is 11.5 Å². The van der Waals surface area contributed by atoms with Crippen molar-refractivity contribution in [2.75, 3.05) is 20.2 Å². The highest BCUT2D eigenvalue weighted by molar-refractivity contribution is 5.31. The molecule has 22 heavy (non-hydrogen) atoms. The third-order valence-corrected chi connectivity index (χ3v) is 3.82. The van der Waals surface area contributed by atoms with Gasteiger partial charge in [-0.2, -0.15) is 0 Å². The minimum Gasteiger partial charge on any atom is -0.494 e. The fourth-order valence-corrected chi connectivity index (χ4v) is 2.72. The van der Waals surface area contributed by atoms with Crippen LogP contribution in [0.3, 0.4) is 0 Å². The Labute approximate surface area is 129 Å². The number of ether oxygens (including phenoxy) is 2. The van der Waals surface area contributed by atoms with Crippen LogP contribution in [-0.2, 0) is 6.54 Å². The third-order valence-electron chi connectivity index (χ3n) is 3.82. The van der Waals surface area contributed by atoms with Gasteiger partial charge in [0.15, 0.2) is 11.6 Å². The van der Waals surface area contributed by atoms with E-state index in [2.05, 4.69) is 9.88 Å².